The van der Waals surface area contributed by atoms with Gasteiger partial charge in [-0.15, -0.1) is 0 Å². The van der Waals surface area contributed by atoms with Crippen LogP contribution >= 0.6 is 0 Å². The first-order chi connectivity index (χ1) is 9.65. The second-order valence-corrected chi connectivity index (χ2v) is 9.30. The molecule has 0 aromatic rings. The number of hydrogen-bond acceptors (Lipinski definition) is 2. The third kappa shape index (κ3) is 1.90. The van der Waals surface area contributed by atoms with Gasteiger partial charge >= 0.3 is 0 Å². The third-order valence-corrected chi connectivity index (χ3v) is 8.05. The van der Waals surface area contributed by atoms with Crippen LogP contribution in [0.3, 0.4) is 0 Å². The highest BCUT2D eigenvalue weighted by Crippen LogP contribution is 2.67. The molecule has 6 atom stereocenters. The number of aliphatic hydroxyl groups is 1. The molecule has 3 aliphatic rings. The van der Waals surface area contributed by atoms with Gasteiger partial charge in [0, 0.05) is 12.3 Å². The highest BCUT2D eigenvalue weighted by atomic mass is 16.3. The Hall–Kier alpha value is -0.370. The van der Waals surface area contributed by atoms with Crippen LogP contribution in [0.2, 0.25) is 0 Å². The van der Waals surface area contributed by atoms with Crippen molar-refractivity contribution in [1.29, 1.82) is 0 Å². The van der Waals surface area contributed by atoms with E-state index < -0.39 is 0 Å². The summed E-state index contributed by atoms with van der Waals surface area (Å²) < 4.78 is 0. The predicted octanol–water partition coefficient (Wildman–Crippen LogP) is 4.21. The first-order valence-electron chi connectivity index (χ1n) is 8.86. The van der Waals surface area contributed by atoms with Gasteiger partial charge in [0.05, 0.1) is 6.10 Å². The fourth-order valence-corrected chi connectivity index (χ4v) is 6.20. The highest BCUT2D eigenvalue weighted by Gasteiger charge is 2.64. The minimum absolute atomic E-state index is 0.0403. The van der Waals surface area contributed by atoms with E-state index in [1.54, 1.807) is 0 Å². The van der Waals surface area contributed by atoms with Crippen molar-refractivity contribution in [3.63, 3.8) is 0 Å². The van der Waals surface area contributed by atoms with Gasteiger partial charge < -0.3 is 5.11 Å². The molecule has 0 saturated heterocycles. The van der Waals surface area contributed by atoms with Crippen molar-refractivity contribution in [2.45, 2.75) is 79.2 Å². The number of hydrogen-bond donors (Lipinski definition) is 1. The van der Waals surface area contributed by atoms with Gasteiger partial charge in [-0.25, -0.2) is 0 Å². The van der Waals surface area contributed by atoms with Crippen LogP contribution in [-0.2, 0) is 4.79 Å². The summed E-state index contributed by atoms with van der Waals surface area (Å²) in [5.41, 5.74) is 0.161. The first-order valence-corrected chi connectivity index (χ1v) is 8.86. The molecule has 2 heteroatoms. The Morgan fingerprint density at radius 3 is 2.38 bits per heavy atom. The zero-order valence-electron chi connectivity index (χ0n) is 14.4. The molecule has 0 aromatic heterocycles. The van der Waals surface area contributed by atoms with E-state index in [4.69, 9.17) is 0 Å². The zero-order chi connectivity index (χ0) is 15.6. The molecular formula is C19H32O2. The molecule has 0 spiro atoms. The summed E-state index contributed by atoms with van der Waals surface area (Å²) in [5.74, 6) is 1.53. The molecule has 0 radical (unpaired) electrons. The van der Waals surface area contributed by atoms with Crippen molar-refractivity contribution in [2.24, 2.45) is 34.0 Å². The average molecular weight is 292 g/mol. The number of Topliss-reactive ketones (excluding diaryl/α,β-unsaturated/α-hetero) is 1. The summed E-state index contributed by atoms with van der Waals surface area (Å²) in [7, 11) is 0. The SMILES string of the molecule is CC1CC[C@@]23CCC(=O)C2[C@]1(C)CCC(C)(C)[C@@H](O)[C@@H]3C. The normalized spacial score (nSPS) is 53.0. The van der Waals surface area contributed by atoms with Gasteiger partial charge in [0.15, 0.2) is 0 Å². The molecule has 1 N–H and O–H groups in total. The summed E-state index contributed by atoms with van der Waals surface area (Å²) in [6.45, 7) is 11.4. The van der Waals surface area contributed by atoms with E-state index in [0.29, 0.717) is 11.7 Å². The lowest BCUT2D eigenvalue weighted by molar-refractivity contribution is -0.162. The molecule has 3 rings (SSSR count). The van der Waals surface area contributed by atoms with E-state index in [1.165, 1.54) is 6.42 Å². The Morgan fingerprint density at radius 1 is 1.05 bits per heavy atom. The Morgan fingerprint density at radius 2 is 1.71 bits per heavy atom. The van der Waals surface area contributed by atoms with Crippen molar-refractivity contribution >= 4 is 5.78 Å². The molecule has 0 heterocycles. The molecule has 3 aliphatic carbocycles. The van der Waals surface area contributed by atoms with Crippen molar-refractivity contribution in [1.82, 2.24) is 0 Å². The van der Waals surface area contributed by atoms with E-state index in [0.717, 1.165) is 32.1 Å². The van der Waals surface area contributed by atoms with Crippen LogP contribution < -0.4 is 0 Å². The maximum absolute atomic E-state index is 12.8. The number of ketones is 1. The first kappa shape index (κ1) is 15.5. The van der Waals surface area contributed by atoms with E-state index in [1.807, 2.05) is 0 Å². The number of rotatable bonds is 0. The summed E-state index contributed by atoms with van der Waals surface area (Å²) in [6.07, 6.45) is 5.93. The van der Waals surface area contributed by atoms with E-state index in [9.17, 15) is 9.90 Å². The highest BCUT2D eigenvalue weighted by molar-refractivity contribution is 5.85. The molecule has 0 aromatic carbocycles. The molecule has 120 valence electrons. The Kier molecular flexibility index (Phi) is 3.37. The Bertz CT molecular complexity index is 454. The maximum atomic E-state index is 12.8. The summed E-state index contributed by atoms with van der Waals surface area (Å²) in [4.78, 5) is 12.8. The van der Waals surface area contributed by atoms with E-state index >= 15 is 0 Å². The lowest BCUT2D eigenvalue weighted by Crippen LogP contribution is -2.57. The summed E-state index contributed by atoms with van der Waals surface area (Å²) in [6, 6.07) is 0. The quantitative estimate of drug-likeness (QED) is 0.726. The van der Waals surface area contributed by atoms with Crippen LogP contribution in [0.5, 0.6) is 0 Å². The molecular weight excluding hydrogens is 260 g/mol. The number of carbonyl (C=O) groups excluding carboxylic acids is 1. The predicted molar refractivity (Wildman–Crippen MR) is 84.9 cm³/mol. The van der Waals surface area contributed by atoms with Crippen LogP contribution in [0.4, 0.5) is 0 Å². The topological polar surface area (TPSA) is 37.3 Å². The fraction of sp³-hybridized carbons (Fsp3) is 0.947. The zero-order valence-corrected chi connectivity index (χ0v) is 14.4. The van der Waals surface area contributed by atoms with Crippen LogP contribution in [-0.4, -0.2) is 17.0 Å². The average Bonchev–Trinajstić information content (AvgIpc) is 2.78. The van der Waals surface area contributed by atoms with Gasteiger partial charge in [-0.2, -0.15) is 0 Å². The van der Waals surface area contributed by atoms with Gasteiger partial charge in [-0.05, 0) is 60.2 Å². The third-order valence-electron chi connectivity index (χ3n) is 8.05. The van der Waals surface area contributed by atoms with Crippen molar-refractivity contribution in [3.8, 4) is 0 Å². The molecule has 3 saturated carbocycles. The van der Waals surface area contributed by atoms with Crippen LogP contribution in [0.15, 0.2) is 0 Å². The van der Waals surface area contributed by atoms with Crippen LogP contribution in [0.1, 0.15) is 73.1 Å². The monoisotopic (exact) mass is 292 g/mol. The summed E-state index contributed by atoms with van der Waals surface area (Å²) >= 11 is 0. The summed E-state index contributed by atoms with van der Waals surface area (Å²) in [5, 5.41) is 11.0. The van der Waals surface area contributed by atoms with Gasteiger partial charge in [-0.1, -0.05) is 34.6 Å². The minimum Gasteiger partial charge on any atom is -0.392 e. The second kappa shape index (κ2) is 4.57. The number of aliphatic hydroxyl groups excluding tert-OH is 1. The van der Waals surface area contributed by atoms with Gasteiger partial charge in [0.2, 0.25) is 0 Å². The van der Waals surface area contributed by atoms with Gasteiger partial charge in [0.25, 0.3) is 0 Å². The molecule has 21 heavy (non-hydrogen) atoms. The standard InChI is InChI=1S/C19H32O2/c1-12-6-8-19-9-7-14(20)15(19)18(12,5)11-10-17(3,4)16(21)13(19)2/h12-13,15-16,21H,6-11H2,1-5H3/t12?,13-,15?,16-,18+,19-/m0/s1. The number of carbonyl (C=O) groups is 1. The lowest BCUT2D eigenvalue weighted by atomic mass is 9.45. The molecule has 2 nitrogen and oxygen atoms in total. The smallest absolute Gasteiger partial charge is 0.137 e. The largest absolute Gasteiger partial charge is 0.392 e. The van der Waals surface area contributed by atoms with Crippen molar-refractivity contribution < 1.29 is 9.90 Å². The molecule has 2 bridgehead atoms. The maximum Gasteiger partial charge on any atom is 0.137 e. The Labute approximate surface area is 129 Å². The van der Waals surface area contributed by atoms with Gasteiger partial charge in [-0.3, -0.25) is 4.79 Å². The lowest BCUT2D eigenvalue weighted by Gasteiger charge is -2.60. The van der Waals surface area contributed by atoms with E-state index in [2.05, 4.69) is 34.6 Å². The van der Waals surface area contributed by atoms with E-state index in [-0.39, 0.29) is 34.2 Å². The van der Waals surface area contributed by atoms with Crippen LogP contribution in [0.25, 0.3) is 0 Å². The van der Waals surface area contributed by atoms with Crippen LogP contribution in [0, 0.1) is 34.0 Å². The molecule has 3 fully saturated rings. The molecule has 2 unspecified atom stereocenters. The van der Waals surface area contributed by atoms with Gasteiger partial charge in [0.1, 0.15) is 5.78 Å². The Balaban J connectivity index is 2.14. The molecule has 0 aliphatic heterocycles. The molecule has 0 amide bonds. The van der Waals surface area contributed by atoms with Crippen molar-refractivity contribution in [3.05, 3.63) is 0 Å². The van der Waals surface area contributed by atoms with Crippen molar-refractivity contribution in [2.75, 3.05) is 0 Å². The minimum atomic E-state index is -0.288. The second-order valence-electron chi connectivity index (χ2n) is 9.30. The fourth-order valence-electron chi connectivity index (χ4n) is 6.20.